The quantitative estimate of drug-likeness (QED) is 0.898. The minimum Gasteiger partial charge on any atom is -0.312 e. The van der Waals surface area contributed by atoms with E-state index in [0.29, 0.717) is 18.7 Å². The zero-order valence-corrected chi connectivity index (χ0v) is 13.3. The Balaban J connectivity index is 1.74. The molecule has 5 nitrogen and oxygen atoms in total. The molecule has 1 aliphatic rings. The van der Waals surface area contributed by atoms with E-state index in [2.05, 4.69) is 10.6 Å². The maximum Gasteiger partial charge on any atom is 0.323 e. The van der Waals surface area contributed by atoms with Gasteiger partial charge in [-0.2, -0.15) is 0 Å². The van der Waals surface area contributed by atoms with Gasteiger partial charge in [-0.3, -0.25) is 4.79 Å². The van der Waals surface area contributed by atoms with Crippen molar-refractivity contribution in [3.8, 4) is 0 Å². The van der Waals surface area contributed by atoms with Crippen LogP contribution in [-0.4, -0.2) is 18.5 Å². The molecular weight excluding hydrogens is 309 g/mol. The first-order valence-corrected chi connectivity index (χ1v) is 7.78. The number of carbonyl (C=O) groups excluding carboxylic acids is 2. The Morgan fingerprint density at radius 3 is 2.67 bits per heavy atom. The van der Waals surface area contributed by atoms with E-state index < -0.39 is 11.8 Å². The van der Waals surface area contributed by atoms with E-state index in [1.165, 1.54) is 12.1 Å². The van der Waals surface area contributed by atoms with Gasteiger partial charge in [0.2, 0.25) is 5.91 Å². The van der Waals surface area contributed by atoms with Crippen LogP contribution in [0.25, 0.3) is 0 Å². The molecule has 2 aromatic rings. The van der Waals surface area contributed by atoms with Crippen molar-refractivity contribution in [3.05, 3.63) is 53.8 Å². The zero-order valence-electron chi connectivity index (χ0n) is 13.3. The molecule has 2 N–H and O–H groups in total. The van der Waals surface area contributed by atoms with Gasteiger partial charge >= 0.3 is 6.03 Å². The molecule has 1 heterocycles. The van der Waals surface area contributed by atoms with Crippen LogP contribution >= 0.6 is 0 Å². The molecule has 6 heteroatoms. The molecule has 0 atom stereocenters. The van der Waals surface area contributed by atoms with Crippen LogP contribution in [0.2, 0.25) is 0 Å². The van der Waals surface area contributed by atoms with E-state index in [0.717, 1.165) is 17.7 Å². The van der Waals surface area contributed by atoms with Crippen LogP contribution < -0.4 is 15.5 Å². The van der Waals surface area contributed by atoms with Gasteiger partial charge in [0.1, 0.15) is 5.82 Å². The smallest absolute Gasteiger partial charge is 0.312 e. The molecule has 2 aromatic carbocycles. The first-order valence-electron chi connectivity index (χ1n) is 7.78. The van der Waals surface area contributed by atoms with Crippen LogP contribution in [0.15, 0.2) is 42.5 Å². The van der Waals surface area contributed by atoms with Crippen molar-refractivity contribution in [3.63, 3.8) is 0 Å². The van der Waals surface area contributed by atoms with Gasteiger partial charge < -0.3 is 15.5 Å². The number of urea groups is 1. The van der Waals surface area contributed by atoms with Gasteiger partial charge in [-0.15, -0.1) is 0 Å². The SMILES string of the molecule is Cc1ccc(NC(=O)Nc2ccccc2F)cc1N1CCCC1=O. The van der Waals surface area contributed by atoms with Crippen LogP contribution in [0.3, 0.4) is 0 Å². The fourth-order valence-electron chi connectivity index (χ4n) is 2.73. The molecular formula is C18H18FN3O2. The number of nitrogens with zero attached hydrogens (tertiary/aromatic N) is 1. The average molecular weight is 327 g/mol. The molecule has 1 aliphatic heterocycles. The second kappa shape index (κ2) is 6.70. The maximum atomic E-state index is 13.6. The van der Waals surface area contributed by atoms with Crippen molar-refractivity contribution < 1.29 is 14.0 Å². The zero-order chi connectivity index (χ0) is 17.1. The largest absolute Gasteiger partial charge is 0.323 e. The molecule has 124 valence electrons. The first-order chi connectivity index (χ1) is 11.5. The molecule has 0 aliphatic carbocycles. The molecule has 3 rings (SSSR count). The number of carbonyl (C=O) groups is 2. The summed E-state index contributed by atoms with van der Waals surface area (Å²) in [6, 6.07) is 10.8. The van der Waals surface area contributed by atoms with E-state index in [9.17, 15) is 14.0 Å². The van der Waals surface area contributed by atoms with Crippen LogP contribution in [0.4, 0.5) is 26.2 Å². The Bertz CT molecular complexity index is 792. The van der Waals surface area contributed by atoms with Crippen molar-refractivity contribution in [1.82, 2.24) is 0 Å². The number of nitrogens with one attached hydrogen (secondary N) is 2. The van der Waals surface area contributed by atoms with Gasteiger partial charge in [0.25, 0.3) is 0 Å². The number of para-hydroxylation sites is 1. The third kappa shape index (κ3) is 3.37. The Morgan fingerprint density at radius 1 is 1.17 bits per heavy atom. The van der Waals surface area contributed by atoms with Crippen molar-refractivity contribution in [2.75, 3.05) is 22.1 Å². The highest BCUT2D eigenvalue weighted by molar-refractivity contribution is 6.01. The van der Waals surface area contributed by atoms with Gasteiger partial charge in [-0.25, -0.2) is 9.18 Å². The number of rotatable bonds is 3. The highest BCUT2D eigenvalue weighted by Crippen LogP contribution is 2.28. The summed E-state index contributed by atoms with van der Waals surface area (Å²) < 4.78 is 13.6. The number of amides is 3. The Kier molecular flexibility index (Phi) is 4.46. The maximum absolute atomic E-state index is 13.6. The summed E-state index contributed by atoms with van der Waals surface area (Å²) in [7, 11) is 0. The fraction of sp³-hybridized carbons (Fsp3) is 0.222. The van der Waals surface area contributed by atoms with E-state index in [1.54, 1.807) is 29.2 Å². The summed E-state index contributed by atoms with van der Waals surface area (Å²) in [6.07, 6.45) is 1.38. The lowest BCUT2D eigenvalue weighted by molar-refractivity contribution is -0.117. The predicted molar refractivity (Wildman–Crippen MR) is 91.8 cm³/mol. The van der Waals surface area contributed by atoms with Crippen LogP contribution in [0.5, 0.6) is 0 Å². The monoisotopic (exact) mass is 327 g/mol. The number of hydrogen-bond acceptors (Lipinski definition) is 2. The average Bonchev–Trinajstić information content (AvgIpc) is 2.97. The number of anilines is 3. The van der Waals surface area contributed by atoms with Gasteiger partial charge in [0, 0.05) is 24.3 Å². The summed E-state index contributed by atoms with van der Waals surface area (Å²) in [6.45, 7) is 2.61. The molecule has 0 saturated carbocycles. The fourth-order valence-corrected chi connectivity index (χ4v) is 2.73. The number of halogens is 1. The van der Waals surface area contributed by atoms with Crippen LogP contribution in [-0.2, 0) is 4.79 Å². The molecule has 1 fully saturated rings. The van der Waals surface area contributed by atoms with Gasteiger partial charge in [0.15, 0.2) is 0 Å². The minimum absolute atomic E-state index is 0.0889. The number of aryl methyl sites for hydroxylation is 1. The van der Waals surface area contributed by atoms with Crippen LogP contribution in [0, 0.1) is 12.7 Å². The molecule has 0 spiro atoms. The summed E-state index contributed by atoms with van der Waals surface area (Å²) in [4.78, 5) is 25.7. The van der Waals surface area contributed by atoms with E-state index >= 15 is 0 Å². The third-order valence-corrected chi connectivity index (χ3v) is 3.95. The standard InChI is InChI=1S/C18H18FN3O2/c1-12-8-9-13(11-16(12)22-10-4-7-17(22)23)20-18(24)21-15-6-3-2-5-14(15)19/h2-3,5-6,8-9,11H,4,7,10H2,1H3,(H2,20,21,24). The normalized spacial score (nSPS) is 13.9. The Morgan fingerprint density at radius 2 is 1.96 bits per heavy atom. The lowest BCUT2D eigenvalue weighted by Gasteiger charge is -2.19. The highest BCUT2D eigenvalue weighted by atomic mass is 19.1. The summed E-state index contributed by atoms with van der Waals surface area (Å²) in [5.74, 6) is -0.411. The second-order valence-electron chi connectivity index (χ2n) is 5.71. The summed E-state index contributed by atoms with van der Waals surface area (Å²) >= 11 is 0. The van der Waals surface area contributed by atoms with E-state index in [1.807, 2.05) is 13.0 Å². The highest BCUT2D eigenvalue weighted by Gasteiger charge is 2.23. The second-order valence-corrected chi connectivity index (χ2v) is 5.71. The van der Waals surface area contributed by atoms with E-state index in [-0.39, 0.29) is 11.6 Å². The van der Waals surface area contributed by atoms with Crippen molar-refractivity contribution in [2.45, 2.75) is 19.8 Å². The molecule has 1 saturated heterocycles. The minimum atomic E-state index is -0.539. The molecule has 0 aromatic heterocycles. The lowest BCUT2D eigenvalue weighted by Crippen LogP contribution is -2.25. The molecule has 3 amide bonds. The number of benzene rings is 2. The van der Waals surface area contributed by atoms with Crippen molar-refractivity contribution >= 4 is 29.0 Å². The molecule has 0 radical (unpaired) electrons. The Hall–Kier alpha value is -2.89. The van der Waals surface area contributed by atoms with Gasteiger partial charge in [-0.05, 0) is 43.2 Å². The van der Waals surface area contributed by atoms with Gasteiger partial charge in [-0.1, -0.05) is 18.2 Å². The number of hydrogen-bond donors (Lipinski definition) is 2. The van der Waals surface area contributed by atoms with E-state index in [4.69, 9.17) is 0 Å². The van der Waals surface area contributed by atoms with Gasteiger partial charge in [0.05, 0.1) is 5.69 Å². The molecule has 24 heavy (non-hydrogen) atoms. The molecule has 0 bridgehead atoms. The molecule has 0 unspecified atom stereocenters. The first kappa shape index (κ1) is 16.0. The third-order valence-electron chi connectivity index (χ3n) is 3.95. The topological polar surface area (TPSA) is 61.4 Å². The van der Waals surface area contributed by atoms with Crippen molar-refractivity contribution in [1.29, 1.82) is 0 Å². The summed E-state index contributed by atoms with van der Waals surface area (Å²) in [5.41, 5.74) is 2.41. The Labute approximate surface area is 139 Å². The summed E-state index contributed by atoms with van der Waals surface area (Å²) in [5, 5.41) is 5.13. The van der Waals surface area contributed by atoms with Crippen LogP contribution in [0.1, 0.15) is 18.4 Å². The van der Waals surface area contributed by atoms with Crippen molar-refractivity contribution in [2.24, 2.45) is 0 Å². The predicted octanol–water partition coefficient (Wildman–Crippen LogP) is 3.90. The lowest BCUT2D eigenvalue weighted by atomic mass is 10.1.